The number of hydrogen-bond donors (Lipinski definition) is 1. The van der Waals surface area contributed by atoms with E-state index in [1.165, 1.54) is 0 Å². The van der Waals surface area contributed by atoms with Gasteiger partial charge in [-0.15, -0.1) is 0 Å². The van der Waals surface area contributed by atoms with Gasteiger partial charge in [-0.2, -0.15) is 15.8 Å². The fourth-order valence-corrected chi connectivity index (χ4v) is 4.23. The molecule has 4 aliphatic rings. The van der Waals surface area contributed by atoms with E-state index in [9.17, 15) is 15.8 Å². The molecule has 4 rings (SSSR count). The van der Waals surface area contributed by atoms with Gasteiger partial charge in [-0.25, -0.2) is 0 Å². The fraction of sp³-hybridized carbons (Fsp3) is 0.625. The molecule has 3 heterocycles. The van der Waals surface area contributed by atoms with Crippen molar-refractivity contribution in [2.75, 3.05) is 0 Å². The normalized spacial score (nSPS) is 41.8. The highest BCUT2D eigenvalue weighted by Gasteiger charge is 2.79. The van der Waals surface area contributed by atoms with Crippen LogP contribution < -0.4 is 0 Å². The summed E-state index contributed by atoms with van der Waals surface area (Å²) in [6, 6.07) is 6.21. The van der Waals surface area contributed by atoms with Crippen LogP contribution in [0.4, 0.5) is 0 Å². The van der Waals surface area contributed by atoms with Crippen molar-refractivity contribution in [1.29, 1.82) is 21.2 Å². The molecule has 3 saturated heterocycles. The highest BCUT2D eigenvalue weighted by molar-refractivity contribution is 5.89. The molecular weight excluding hydrogens is 280 g/mol. The maximum atomic E-state index is 9.84. The molecule has 0 aromatic rings. The van der Waals surface area contributed by atoms with Crippen molar-refractivity contribution in [3.63, 3.8) is 0 Å². The summed E-state index contributed by atoms with van der Waals surface area (Å²) in [6.45, 7) is 1.78. The summed E-state index contributed by atoms with van der Waals surface area (Å²) >= 11 is 0. The number of rotatable bonds is 1. The summed E-state index contributed by atoms with van der Waals surface area (Å²) in [5.41, 5.74) is -3.34. The van der Waals surface area contributed by atoms with Crippen LogP contribution in [0.25, 0.3) is 0 Å². The molecule has 0 amide bonds. The van der Waals surface area contributed by atoms with Crippen LogP contribution in [0.5, 0.6) is 0 Å². The van der Waals surface area contributed by atoms with Crippen LogP contribution in [-0.4, -0.2) is 17.8 Å². The van der Waals surface area contributed by atoms with E-state index in [-0.39, 0.29) is 5.90 Å². The first-order chi connectivity index (χ1) is 10.6. The number of hydrogen-bond acceptors (Lipinski definition) is 6. The number of nitrogens with zero attached hydrogens (tertiary/aromatic N) is 3. The highest BCUT2D eigenvalue weighted by atomic mass is 16.7. The highest BCUT2D eigenvalue weighted by Crippen LogP contribution is 2.65. The average Bonchev–Trinajstić information content (AvgIpc) is 2.53. The van der Waals surface area contributed by atoms with Crippen LogP contribution in [0.3, 0.4) is 0 Å². The first-order valence-corrected chi connectivity index (χ1v) is 7.39. The van der Waals surface area contributed by atoms with Crippen LogP contribution >= 0.6 is 0 Å². The Morgan fingerprint density at radius 1 is 1.23 bits per heavy atom. The minimum atomic E-state index is -1.72. The van der Waals surface area contributed by atoms with Gasteiger partial charge >= 0.3 is 0 Å². The number of ether oxygens (including phenoxy) is 2. The zero-order valence-electron chi connectivity index (χ0n) is 12.3. The van der Waals surface area contributed by atoms with Gasteiger partial charge in [0.1, 0.15) is 6.10 Å². The van der Waals surface area contributed by atoms with Gasteiger partial charge in [0.2, 0.25) is 11.7 Å². The molecule has 6 nitrogen and oxygen atoms in total. The smallest absolute Gasteiger partial charge is 0.218 e. The van der Waals surface area contributed by atoms with E-state index in [1.54, 1.807) is 19.1 Å². The van der Waals surface area contributed by atoms with Crippen molar-refractivity contribution in [2.45, 2.75) is 44.5 Å². The lowest BCUT2D eigenvalue weighted by Crippen LogP contribution is -2.75. The predicted octanol–water partition coefficient (Wildman–Crippen LogP) is 2.40. The van der Waals surface area contributed by atoms with Gasteiger partial charge in [0.25, 0.3) is 0 Å². The second-order valence-corrected chi connectivity index (χ2v) is 6.06. The topological polar surface area (TPSA) is 114 Å². The SMILES string of the molecule is CC=CC1OC23CCCCC2C(C#N)(C#N)C1(C#N)C(=N)O3. The van der Waals surface area contributed by atoms with Crippen LogP contribution in [0.2, 0.25) is 0 Å². The Kier molecular flexibility index (Phi) is 3.02. The summed E-state index contributed by atoms with van der Waals surface area (Å²) in [4.78, 5) is 0. The second-order valence-electron chi connectivity index (χ2n) is 6.06. The van der Waals surface area contributed by atoms with Crippen molar-refractivity contribution < 1.29 is 9.47 Å². The van der Waals surface area contributed by atoms with Crippen molar-refractivity contribution >= 4 is 5.90 Å². The number of nitrogens with one attached hydrogen (secondary N) is 1. The quantitative estimate of drug-likeness (QED) is 0.746. The van der Waals surface area contributed by atoms with Gasteiger partial charge in [-0.3, -0.25) is 5.41 Å². The molecular formula is C16H16N4O2. The van der Waals surface area contributed by atoms with E-state index in [1.807, 2.05) is 6.07 Å². The van der Waals surface area contributed by atoms with Crippen molar-refractivity contribution in [2.24, 2.45) is 16.7 Å². The summed E-state index contributed by atoms with van der Waals surface area (Å²) in [6.07, 6.45) is 5.35. The molecule has 0 aromatic heterocycles. The van der Waals surface area contributed by atoms with Crippen molar-refractivity contribution in [3.05, 3.63) is 12.2 Å². The molecule has 6 heteroatoms. The fourth-order valence-electron chi connectivity index (χ4n) is 4.23. The minimum Gasteiger partial charge on any atom is -0.447 e. The zero-order valence-corrected chi connectivity index (χ0v) is 12.3. The molecule has 4 atom stereocenters. The van der Waals surface area contributed by atoms with Gasteiger partial charge in [-0.05, 0) is 19.8 Å². The first kappa shape index (κ1) is 14.6. The van der Waals surface area contributed by atoms with Gasteiger partial charge < -0.3 is 9.47 Å². The third-order valence-corrected chi connectivity index (χ3v) is 5.23. The Balaban J connectivity index is 2.32. The number of nitriles is 3. The largest absolute Gasteiger partial charge is 0.447 e. The minimum absolute atomic E-state index is 0.314. The lowest BCUT2D eigenvalue weighted by molar-refractivity contribution is -0.347. The van der Waals surface area contributed by atoms with Gasteiger partial charge in [-0.1, -0.05) is 18.6 Å². The lowest BCUT2D eigenvalue weighted by Gasteiger charge is -2.63. The molecule has 0 radical (unpaired) electrons. The first-order valence-electron chi connectivity index (χ1n) is 7.39. The van der Waals surface area contributed by atoms with Gasteiger partial charge in [0.15, 0.2) is 10.8 Å². The predicted molar refractivity (Wildman–Crippen MR) is 74.9 cm³/mol. The van der Waals surface area contributed by atoms with Crippen molar-refractivity contribution in [1.82, 2.24) is 0 Å². The van der Waals surface area contributed by atoms with Crippen LogP contribution in [0.15, 0.2) is 12.2 Å². The molecule has 1 aliphatic carbocycles. The molecule has 0 aromatic carbocycles. The standard InChI is InChI=1S/C16H16N4O2/c1-2-5-12-15(10-19)13(20)22-16(21-12)7-4-3-6-11(16)14(15,8-17)9-18/h2,5,11-12,20H,3-4,6-7H2,1H3. The van der Waals surface area contributed by atoms with E-state index in [4.69, 9.17) is 14.9 Å². The molecule has 3 aliphatic heterocycles. The molecule has 112 valence electrons. The Morgan fingerprint density at radius 2 is 1.95 bits per heavy atom. The summed E-state index contributed by atoms with van der Waals surface area (Å²) in [5.74, 6) is -1.96. The zero-order chi connectivity index (χ0) is 16.0. The lowest BCUT2D eigenvalue weighted by atomic mass is 9.49. The summed E-state index contributed by atoms with van der Waals surface area (Å²) in [7, 11) is 0. The van der Waals surface area contributed by atoms with E-state index >= 15 is 0 Å². The Labute approximate surface area is 129 Å². The maximum Gasteiger partial charge on any atom is 0.218 e. The summed E-state index contributed by atoms with van der Waals surface area (Å²) in [5, 5.41) is 37.8. The third-order valence-electron chi connectivity index (χ3n) is 5.23. The van der Waals surface area contributed by atoms with Crippen LogP contribution in [0.1, 0.15) is 32.6 Å². The molecule has 2 bridgehead atoms. The number of fused-ring (bicyclic) bond motifs is 2. The van der Waals surface area contributed by atoms with Gasteiger partial charge in [0.05, 0.1) is 24.1 Å². The molecule has 1 spiro atoms. The van der Waals surface area contributed by atoms with E-state index in [0.717, 1.165) is 12.8 Å². The van der Waals surface area contributed by atoms with Gasteiger partial charge in [0, 0.05) is 6.42 Å². The Morgan fingerprint density at radius 3 is 2.55 bits per heavy atom. The van der Waals surface area contributed by atoms with E-state index in [0.29, 0.717) is 12.8 Å². The van der Waals surface area contributed by atoms with Crippen molar-refractivity contribution in [3.8, 4) is 18.2 Å². The molecule has 4 unspecified atom stereocenters. The summed E-state index contributed by atoms with van der Waals surface area (Å²) < 4.78 is 11.8. The van der Waals surface area contributed by atoms with Crippen LogP contribution in [-0.2, 0) is 9.47 Å². The Bertz CT molecular complexity index is 666. The van der Waals surface area contributed by atoms with E-state index < -0.39 is 28.6 Å². The second kappa shape index (κ2) is 4.57. The molecule has 1 N–H and O–H groups in total. The third kappa shape index (κ3) is 1.33. The average molecular weight is 296 g/mol. The number of allylic oxidation sites excluding steroid dienone is 1. The van der Waals surface area contributed by atoms with Crippen LogP contribution in [0, 0.1) is 56.2 Å². The monoisotopic (exact) mass is 296 g/mol. The van der Waals surface area contributed by atoms with E-state index in [2.05, 4.69) is 12.1 Å². The Hall–Kier alpha value is -2.36. The maximum absolute atomic E-state index is 9.84. The molecule has 22 heavy (non-hydrogen) atoms. The molecule has 4 fully saturated rings. The molecule has 1 saturated carbocycles.